The van der Waals surface area contributed by atoms with Gasteiger partial charge >= 0.3 is 0 Å². The molecule has 0 aromatic heterocycles. The molecule has 1 aromatic rings. The summed E-state index contributed by atoms with van der Waals surface area (Å²) in [6, 6.07) is 5.89. The molecule has 1 aliphatic rings. The second-order valence-electron chi connectivity index (χ2n) is 5.03. The standard InChI is InChI=1S/C14H19N3O3/c1-16(11-6-8-12(9-7-11)17(19)20)14(18)13-5-3-2-4-10-15-13/h6-9,13,15H,2-5,10H2,1H3. The largest absolute Gasteiger partial charge is 0.314 e. The van der Waals surface area contributed by atoms with Gasteiger partial charge in [0.1, 0.15) is 0 Å². The molecule has 2 rings (SSSR count). The van der Waals surface area contributed by atoms with Gasteiger partial charge in [-0.3, -0.25) is 14.9 Å². The molecule has 0 bridgehead atoms. The lowest BCUT2D eigenvalue weighted by molar-refractivity contribution is -0.384. The molecule has 0 aliphatic carbocycles. The Bertz CT molecular complexity index is 479. The summed E-state index contributed by atoms with van der Waals surface area (Å²) < 4.78 is 0. The molecular weight excluding hydrogens is 258 g/mol. The minimum Gasteiger partial charge on any atom is -0.314 e. The number of hydrogen-bond donors (Lipinski definition) is 1. The van der Waals surface area contributed by atoms with Crippen LogP contribution in [0.25, 0.3) is 0 Å². The van der Waals surface area contributed by atoms with E-state index in [-0.39, 0.29) is 17.6 Å². The van der Waals surface area contributed by atoms with Gasteiger partial charge in [0.05, 0.1) is 11.0 Å². The van der Waals surface area contributed by atoms with E-state index in [0.717, 1.165) is 32.2 Å². The van der Waals surface area contributed by atoms with Gasteiger partial charge in [0, 0.05) is 24.9 Å². The van der Waals surface area contributed by atoms with Crippen LogP contribution >= 0.6 is 0 Å². The summed E-state index contributed by atoms with van der Waals surface area (Å²) >= 11 is 0. The molecule has 1 atom stereocenters. The van der Waals surface area contributed by atoms with Gasteiger partial charge in [-0.25, -0.2) is 0 Å². The van der Waals surface area contributed by atoms with Crippen molar-refractivity contribution in [1.29, 1.82) is 0 Å². The third-order valence-corrected chi connectivity index (χ3v) is 3.64. The highest BCUT2D eigenvalue weighted by Gasteiger charge is 2.23. The SMILES string of the molecule is CN(C(=O)C1CCCCCN1)c1ccc([N+](=O)[O-])cc1. The van der Waals surface area contributed by atoms with E-state index in [1.165, 1.54) is 12.1 Å². The van der Waals surface area contributed by atoms with Crippen LogP contribution < -0.4 is 10.2 Å². The molecule has 1 aromatic carbocycles. The first-order valence-electron chi connectivity index (χ1n) is 6.85. The molecule has 6 nitrogen and oxygen atoms in total. The number of likely N-dealkylation sites (N-methyl/N-ethyl adjacent to an activating group) is 1. The number of nitrogens with one attached hydrogen (secondary N) is 1. The molecule has 0 radical (unpaired) electrons. The summed E-state index contributed by atoms with van der Waals surface area (Å²) in [7, 11) is 1.70. The summed E-state index contributed by atoms with van der Waals surface area (Å²) in [6.07, 6.45) is 4.15. The number of carbonyl (C=O) groups is 1. The smallest absolute Gasteiger partial charge is 0.269 e. The maximum Gasteiger partial charge on any atom is 0.269 e. The van der Waals surface area contributed by atoms with Crippen molar-refractivity contribution in [2.45, 2.75) is 31.7 Å². The summed E-state index contributed by atoms with van der Waals surface area (Å²) in [4.78, 5) is 24.1. The highest BCUT2D eigenvalue weighted by Crippen LogP contribution is 2.20. The van der Waals surface area contributed by atoms with Crippen LogP contribution in [0.3, 0.4) is 0 Å². The fraction of sp³-hybridized carbons (Fsp3) is 0.500. The van der Waals surface area contributed by atoms with Crippen molar-refractivity contribution in [3.05, 3.63) is 34.4 Å². The van der Waals surface area contributed by atoms with Crippen LogP contribution in [0.1, 0.15) is 25.7 Å². The lowest BCUT2D eigenvalue weighted by Crippen LogP contribution is -2.44. The second-order valence-corrected chi connectivity index (χ2v) is 5.03. The summed E-state index contributed by atoms with van der Waals surface area (Å²) in [6.45, 7) is 0.866. The normalized spacial score (nSPS) is 19.1. The zero-order chi connectivity index (χ0) is 14.5. The molecule has 1 amide bonds. The third-order valence-electron chi connectivity index (χ3n) is 3.64. The zero-order valence-corrected chi connectivity index (χ0v) is 11.5. The van der Waals surface area contributed by atoms with E-state index in [2.05, 4.69) is 5.32 Å². The summed E-state index contributed by atoms with van der Waals surface area (Å²) in [5.41, 5.74) is 0.703. The van der Waals surface area contributed by atoms with E-state index >= 15 is 0 Å². The summed E-state index contributed by atoms with van der Waals surface area (Å²) in [5, 5.41) is 13.9. The molecule has 1 heterocycles. The van der Waals surface area contributed by atoms with Gasteiger partial charge in [-0.2, -0.15) is 0 Å². The van der Waals surface area contributed by atoms with E-state index in [4.69, 9.17) is 0 Å². The van der Waals surface area contributed by atoms with Crippen molar-refractivity contribution in [2.75, 3.05) is 18.5 Å². The van der Waals surface area contributed by atoms with Gasteiger partial charge < -0.3 is 10.2 Å². The number of hydrogen-bond acceptors (Lipinski definition) is 4. The molecule has 20 heavy (non-hydrogen) atoms. The molecular formula is C14H19N3O3. The van der Waals surface area contributed by atoms with E-state index in [1.807, 2.05) is 0 Å². The van der Waals surface area contributed by atoms with Crippen molar-refractivity contribution >= 4 is 17.3 Å². The van der Waals surface area contributed by atoms with E-state index in [0.29, 0.717) is 5.69 Å². The molecule has 1 N–H and O–H groups in total. The monoisotopic (exact) mass is 277 g/mol. The van der Waals surface area contributed by atoms with Crippen molar-refractivity contribution in [1.82, 2.24) is 5.32 Å². The van der Waals surface area contributed by atoms with E-state index in [9.17, 15) is 14.9 Å². The number of nitro benzene ring substituents is 1. The van der Waals surface area contributed by atoms with Crippen molar-refractivity contribution in [3.8, 4) is 0 Å². The van der Waals surface area contributed by atoms with Gasteiger partial charge in [-0.15, -0.1) is 0 Å². The number of nitro groups is 1. The minimum absolute atomic E-state index is 0.0146. The highest BCUT2D eigenvalue weighted by molar-refractivity contribution is 5.96. The molecule has 1 saturated heterocycles. The number of non-ortho nitro benzene ring substituents is 1. The Morgan fingerprint density at radius 2 is 2.00 bits per heavy atom. The average molecular weight is 277 g/mol. The topological polar surface area (TPSA) is 75.5 Å². The van der Waals surface area contributed by atoms with Gasteiger partial charge in [0.25, 0.3) is 5.69 Å². The van der Waals surface area contributed by atoms with Crippen LogP contribution in [0.4, 0.5) is 11.4 Å². The minimum atomic E-state index is -0.446. The van der Waals surface area contributed by atoms with Crippen molar-refractivity contribution in [2.24, 2.45) is 0 Å². The van der Waals surface area contributed by atoms with Crippen LogP contribution in [0.15, 0.2) is 24.3 Å². The van der Waals surface area contributed by atoms with Gasteiger partial charge in [0.2, 0.25) is 5.91 Å². The van der Waals surface area contributed by atoms with Crippen LogP contribution in [0.5, 0.6) is 0 Å². The third kappa shape index (κ3) is 3.33. The van der Waals surface area contributed by atoms with Crippen LogP contribution in [0, 0.1) is 10.1 Å². The maximum absolute atomic E-state index is 12.4. The predicted molar refractivity (Wildman–Crippen MR) is 76.8 cm³/mol. The number of amides is 1. The number of carbonyl (C=O) groups excluding carboxylic acids is 1. The van der Waals surface area contributed by atoms with E-state index in [1.54, 1.807) is 24.1 Å². The Morgan fingerprint density at radius 3 is 2.65 bits per heavy atom. The first-order valence-corrected chi connectivity index (χ1v) is 6.85. The molecule has 0 saturated carbocycles. The number of anilines is 1. The summed E-state index contributed by atoms with van der Waals surface area (Å²) in [5.74, 6) is 0.0146. The van der Waals surface area contributed by atoms with Gasteiger partial charge in [-0.05, 0) is 31.5 Å². The van der Waals surface area contributed by atoms with Gasteiger partial charge in [0.15, 0.2) is 0 Å². The van der Waals surface area contributed by atoms with Crippen LogP contribution in [-0.2, 0) is 4.79 Å². The Kier molecular flexibility index (Phi) is 4.68. The van der Waals surface area contributed by atoms with Crippen LogP contribution in [0.2, 0.25) is 0 Å². The van der Waals surface area contributed by atoms with Crippen LogP contribution in [-0.4, -0.2) is 30.5 Å². The molecule has 1 unspecified atom stereocenters. The predicted octanol–water partition coefficient (Wildman–Crippen LogP) is 2.09. The first-order chi connectivity index (χ1) is 9.59. The molecule has 108 valence electrons. The lowest BCUT2D eigenvalue weighted by atomic mass is 10.1. The molecule has 1 aliphatic heterocycles. The zero-order valence-electron chi connectivity index (χ0n) is 11.5. The molecule has 6 heteroatoms. The number of rotatable bonds is 3. The Labute approximate surface area is 117 Å². The maximum atomic E-state index is 12.4. The average Bonchev–Trinajstić information content (AvgIpc) is 2.75. The fourth-order valence-electron chi connectivity index (χ4n) is 2.40. The molecule has 1 fully saturated rings. The van der Waals surface area contributed by atoms with Crippen molar-refractivity contribution < 1.29 is 9.72 Å². The number of benzene rings is 1. The Morgan fingerprint density at radius 1 is 1.30 bits per heavy atom. The quantitative estimate of drug-likeness (QED) is 0.678. The first kappa shape index (κ1) is 14.5. The van der Waals surface area contributed by atoms with Crippen molar-refractivity contribution in [3.63, 3.8) is 0 Å². The Hall–Kier alpha value is -1.95. The lowest BCUT2D eigenvalue weighted by Gasteiger charge is -2.23. The second kappa shape index (κ2) is 6.47. The Balaban J connectivity index is 2.07. The number of nitrogens with zero attached hydrogens (tertiary/aromatic N) is 2. The fourth-order valence-corrected chi connectivity index (χ4v) is 2.40. The molecule has 0 spiro atoms. The van der Waals surface area contributed by atoms with Gasteiger partial charge in [-0.1, -0.05) is 12.8 Å². The van der Waals surface area contributed by atoms with E-state index < -0.39 is 4.92 Å². The highest BCUT2D eigenvalue weighted by atomic mass is 16.6.